The predicted molar refractivity (Wildman–Crippen MR) is 171 cm³/mol. The summed E-state index contributed by atoms with van der Waals surface area (Å²) in [5.74, 6) is -0.227. The Morgan fingerprint density at radius 1 is 1.00 bits per heavy atom. The van der Waals surface area contributed by atoms with Crippen LogP contribution in [-0.4, -0.2) is 64.7 Å². The van der Waals surface area contributed by atoms with Crippen molar-refractivity contribution in [2.24, 2.45) is 5.41 Å². The van der Waals surface area contributed by atoms with Crippen LogP contribution in [0.3, 0.4) is 0 Å². The van der Waals surface area contributed by atoms with E-state index in [-0.39, 0.29) is 29.7 Å². The van der Waals surface area contributed by atoms with E-state index in [4.69, 9.17) is 4.74 Å². The van der Waals surface area contributed by atoms with Crippen molar-refractivity contribution in [3.8, 4) is 5.06 Å². The van der Waals surface area contributed by atoms with Gasteiger partial charge in [0.05, 0.1) is 6.20 Å². The number of ether oxygens (including phenoxy) is 1. The van der Waals surface area contributed by atoms with E-state index in [2.05, 4.69) is 43.3 Å². The van der Waals surface area contributed by atoms with E-state index in [1.165, 1.54) is 11.3 Å². The van der Waals surface area contributed by atoms with Crippen molar-refractivity contribution in [2.75, 3.05) is 31.5 Å². The lowest BCUT2D eigenvalue weighted by molar-refractivity contribution is -0.130. The Morgan fingerprint density at radius 3 is 2.28 bits per heavy atom. The molecule has 0 aliphatic carbocycles. The first-order valence-corrected chi connectivity index (χ1v) is 15.5. The SMILES string of the molecule is CC(=O)N1CCN(C(=O)c2cc(COc3cnc(NC(=O)c4ccc(CNC(C)C(C)(C)C)cc4)s3)cc(C)c2C)CC1. The summed E-state index contributed by atoms with van der Waals surface area (Å²) in [5, 5.41) is 7.40. The average molecular weight is 606 g/mol. The Balaban J connectivity index is 1.32. The summed E-state index contributed by atoms with van der Waals surface area (Å²) >= 11 is 1.25. The molecule has 0 radical (unpaired) electrons. The Hall–Kier alpha value is -3.76. The Morgan fingerprint density at radius 2 is 1.65 bits per heavy atom. The lowest BCUT2D eigenvalue weighted by Crippen LogP contribution is -2.50. The number of piperazine rings is 1. The number of carbonyl (C=O) groups is 3. The van der Waals surface area contributed by atoms with E-state index >= 15 is 0 Å². The van der Waals surface area contributed by atoms with Crippen LogP contribution in [0.4, 0.5) is 5.13 Å². The molecule has 2 heterocycles. The first-order valence-electron chi connectivity index (χ1n) is 14.7. The molecule has 9 nitrogen and oxygen atoms in total. The van der Waals surface area contributed by atoms with Gasteiger partial charge in [-0.3, -0.25) is 19.7 Å². The zero-order valence-electron chi connectivity index (χ0n) is 26.2. The van der Waals surface area contributed by atoms with Crippen LogP contribution in [0.5, 0.6) is 5.06 Å². The summed E-state index contributed by atoms with van der Waals surface area (Å²) in [4.78, 5) is 45.7. The molecule has 1 unspecified atom stereocenters. The van der Waals surface area contributed by atoms with E-state index < -0.39 is 0 Å². The molecule has 2 aromatic carbocycles. The molecule has 3 aromatic rings. The molecular formula is C33H43N5O4S. The molecule has 1 saturated heterocycles. The van der Waals surface area contributed by atoms with Gasteiger partial charge < -0.3 is 19.9 Å². The Bertz CT molecular complexity index is 1450. The molecule has 0 saturated carbocycles. The predicted octanol–water partition coefficient (Wildman–Crippen LogP) is 5.42. The molecule has 1 aromatic heterocycles. The van der Waals surface area contributed by atoms with E-state index in [0.29, 0.717) is 53.5 Å². The van der Waals surface area contributed by atoms with Crippen molar-refractivity contribution in [3.05, 3.63) is 76.0 Å². The van der Waals surface area contributed by atoms with Gasteiger partial charge in [-0.1, -0.05) is 50.3 Å². The van der Waals surface area contributed by atoms with E-state index in [9.17, 15) is 14.4 Å². The number of benzene rings is 2. The number of hydrogen-bond donors (Lipinski definition) is 2. The molecule has 230 valence electrons. The highest BCUT2D eigenvalue weighted by atomic mass is 32.1. The van der Waals surface area contributed by atoms with Crippen LogP contribution in [0.1, 0.15) is 77.6 Å². The Kier molecular flexibility index (Phi) is 10.2. The molecule has 1 aliphatic heterocycles. The number of aromatic nitrogens is 1. The van der Waals surface area contributed by atoms with Gasteiger partial charge in [-0.15, -0.1) is 0 Å². The summed E-state index contributed by atoms with van der Waals surface area (Å²) in [6.45, 7) is 17.4. The van der Waals surface area contributed by atoms with Crippen molar-refractivity contribution in [3.63, 3.8) is 0 Å². The number of nitrogens with zero attached hydrogens (tertiary/aromatic N) is 3. The van der Waals surface area contributed by atoms with Gasteiger partial charge in [0.15, 0.2) is 10.2 Å². The summed E-state index contributed by atoms with van der Waals surface area (Å²) in [7, 11) is 0. The number of anilines is 1. The third-order valence-electron chi connectivity index (χ3n) is 8.18. The van der Waals surface area contributed by atoms with Crippen LogP contribution in [0.2, 0.25) is 0 Å². The fraction of sp³-hybridized carbons (Fsp3) is 0.455. The summed E-state index contributed by atoms with van der Waals surface area (Å²) in [6.07, 6.45) is 1.59. The molecule has 0 spiro atoms. The molecule has 2 N–H and O–H groups in total. The van der Waals surface area contributed by atoms with Crippen LogP contribution >= 0.6 is 11.3 Å². The highest BCUT2D eigenvalue weighted by Crippen LogP contribution is 2.28. The highest BCUT2D eigenvalue weighted by molar-refractivity contribution is 7.17. The molecular weight excluding hydrogens is 562 g/mol. The molecule has 43 heavy (non-hydrogen) atoms. The average Bonchev–Trinajstić information content (AvgIpc) is 3.42. The lowest BCUT2D eigenvalue weighted by Gasteiger charge is -2.34. The van der Waals surface area contributed by atoms with E-state index in [1.807, 2.05) is 55.1 Å². The third-order valence-corrected chi connectivity index (χ3v) is 9.01. The number of aryl methyl sites for hydroxylation is 1. The number of thiazole rings is 1. The number of amides is 3. The van der Waals surface area contributed by atoms with Crippen molar-refractivity contribution >= 4 is 34.2 Å². The molecule has 3 amide bonds. The maximum absolute atomic E-state index is 13.3. The van der Waals surface area contributed by atoms with Crippen molar-refractivity contribution in [1.29, 1.82) is 0 Å². The summed E-state index contributed by atoms with van der Waals surface area (Å²) in [5.41, 5.74) is 5.32. The van der Waals surface area contributed by atoms with Crippen LogP contribution in [0, 0.1) is 19.3 Å². The zero-order chi connectivity index (χ0) is 31.3. The van der Waals surface area contributed by atoms with Crippen molar-refractivity contribution in [1.82, 2.24) is 20.1 Å². The molecule has 1 fully saturated rings. The molecule has 4 rings (SSSR count). The third kappa shape index (κ3) is 8.42. The fourth-order valence-corrected chi connectivity index (χ4v) is 5.36. The van der Waals surface area contributed by atoms with Gasteiger partial charge in [-0.05, 0) is 66.6 Å². The number of carbonyl (C=O) groups excluding carboxylic acids is 3. The maximum Gasteiger partial charge on any atom is 0.257 e. The topological polar surface area (TPSA) is 104 Å². The van der Waals surface area contributed by atoms with Gasteiger partial charge in [0, 0.05) is 56.8 Å². The molecule has 0 bridgehead atoms. The van der Waals surface area contributed by atoms with Gasteiger partial charge in [0.2, 0.25) is 5.91 Å². The van der Waals surface area contributed by atoms with Gasteiger partial charge in [0.25, 0.3) is 11.8 Å². The first-order chi connectivity index (χ1) is 20.3. The quantitative estimate of drug-likeness (QED) is 0.338. The molecule has 10 heteroatoms. The Labute approximate surface area is 258 Å². The number of hydrogen-bond acceptors (Lipinski definition) is 7. The fourth-order valence-electron chi connectivity index (χ4n) is 4.69. The van der Waals surface area contributed by atoms with Crippen LogP contribution < -0.4 is 15.4 Å². The minimum absolute atomic E-state index is 0.0304. The van der Waals surface area contributed by atoms with E-state index in [0.717, 1.165) is 28.8 Å². The number of rotatable bonds is 9. The monoisotopic (exact) mass is 605 g/mol. The largest absolute Gasteiger partial charge is 0.478 e. The first kappa shape index (κ1) is 32.2. The van der Waals surface area contributed by atoms with E-state index in [1.54, 1.807) is 18.0 Å². The summed E-state index contributed by atoms with van der Waals surface area (Å²) in [6, 6.07) is 11.8. The van der Waals surface area contributed by atoms with Crippen molar-refractivity contribution in [2.45, 2.75) is 67.7 Å². The van der Waals surface area contributed by atoms with Crippen molar-refractivity contribution < 1.29 is 19.1 Å². The smallest absolute Gasteiger partial charge is 0.257 e. The van der Waals surface area contributed by atoms with Gasteiger partial charge >= 0.3 is 0 Å². The highest BCUT2D eigenvalue weighted by Gasteiger charge is 2.25. The van der Waals surface area contributed by atoms with Crippen LogP contribution in [0.25, 0.3) is 0 Å². The van der Waals surface area contributed by atoms with Crippen LogP contribution in [-0.2, 0) is 17.9 Å². The van der Waals surface area contributed by atoms with Crippen LogP contribution in [0.15, 0.2) is 42.6 Å². The van der Waals surface area contributed by atoms with Gasteiger partial charge in [-0.25, -0.2) is 4.98 Å². The second kappa shape index (κ2) is 13.7. The second-order valence-corrected chi connectivity index (χ2v) is 13.3. The standard InChI is InChI=1S/C33H43N5O4S/c1-21-16-26(17-28(22(21)2)31(41)38-14-12-37(13-15-38)24(4)39)20-42-29-19-35-32(43-29)36-30(40)27-10-8-25(9-11-27)18-34-23(3)33(5,6)7/h8-11,16-17,19,23,34H,12-15,18,20H2,1-7H3,(H,35,36,40). The second-order valence-electron chi connectivity index (χ2n) is 12.3. The molecule has 1 atom stereocenters. The van der Waals surface area contributed by atoms with Gasteiger partial charge in [-0.2, -0.15) is 0 Å². The number of nitrogens with one attached hydrogen (secondary N) is 2. The minimum atomic E-state index is -0.232. The lowest BCUT2D eigenvalue weighted by atomic mass is 9.88. The van der Waals surface area contributed by atoms with Gasteiger partial charge in [0.1, 0.15) is 6.61 Å². The minimum Gasteiger partial charge on any atom is -0.478 e. The summed E-state index contributed by atoms with van der Waals surface area (Å²) < 4.78 is 5.99. The molecule has 1 aliphatic rings. The normalized spacial score (nSPS) is 14.4. The zero-order valence-corrected chi connectivity index (χ0v) is 27.1. The maximum atomic E-state index is 13.3.